The molecule has 5 aromatic rings. The maximum atomic E-state index is 12.8. The molecule has 0 aliphatic carbocycles. The van der Waals surface area contributed by atoms with E-state index in [4.69, 9.17) is 0 Å². The number of thioether (sulfide) groups is 1. The van der Waals surface area contributed by atoms with E-state index in [-0.39, 0.29) is 17.2 Å². The van der Waals surface area contributed by atoms with Gasteiger partial charge in [-0.1, -0.05) is 42.1 Å². The molecule has 3 aromatic heterocycles. The molecule has 0 aliphatic rings. The summed E-state index contributed by atoms with van der Waals surface area (Å²) in [5.41, 5.74) is 2.51. The van der Waals surface area contributed by atoms with Crippen LogP contribution in [0.25, 0.3) is 22.2 Å². The zero-order valence-corrected chi connectivity index (χ0v) is 17.7. The quantitative estimate of drug-likeness (QED) is 0.329. The molecule has 156 valence electrons. The van der Waals surface area contributed by atoms with E-state index in [2.05, 4.69) is 31.6 Å². The Labute approximate surface area is 186 Å². The molecule has 10 heteroatoms. The summed E-state index contributed by atoms with van der Waals surface area (Å²) in [5.74, 6) is 0.742. The lowest BCUT2D eigenvalue weighted by atomic mass is 10.2. The van der Waals surface area contributed by atoms with E-state index in [9.17, 15) is 10.1 Å². The monoisotopic (exact) mass is 440 g/mol. The number of aromatic nitrogens is 6. The summed E-state index contributed by atoms with van der Waals surface area (Å²) in [6.45, 7) is 1.82. The number of benzene rings is 2. The van der Waals surface area contributed by atoms with Gasteiger partial charge in [-0.15, -0.1) is 5.10 Å². The van der Waals surface area contributed by atoms with E-state index < -0.39 is 0 Å². The van der Waals surface area contributed by atoms with Crippen molar-refractivity contribution in [1.82, 2.24) is 29.4 Å². The van der Waals surface area contributed by atoms with Crippen LogP contribution in [0, 0.1) is 18.3 Å². The average molecular weight is 440 g/mol. The van der Waals surface area contributed by atoms with Gasteiger partial charge in [-0.05, 0) is 31.2 Å². The van der Waals surface area contributed by atoms with E-state index in [1.807, 2.05) is 61.5 Å². The van der Waals surface area contributed by atoms with Crippen molar-refractivity contribution in [1.29, 1.82) is 5.26 Å². The van der Waals surface area contributed by atoms with Crippen LogP contribution in [0.15, 0.2) is 66.0 Å². The Kier molecular flexibility index (Phi) is 5.01. The molecule has 0 fully saturated rings. The average Bonchev–Trinajstić information content (AvgIpc) is 3.41. The van der Waals surface area contributed by atoms with E-state index >= 15 is 0 Å². The second kappa shape index (κ2) is 8.13. The molecule has 0 aliphatic heterocycles. The molecule has 0 saturated heterocycles. The van der Waals surface area contributed by atoms with Crippen LogP contribution in [0.2, 0.25) is 0 Å². The summed E-state index contributed by atoms with van der Waals surface area (Å²) >= 11 is 1.25. The van der Waals surface area contributed by atoms with Gasteiger partial charge in [0.15, 0.2) is 16.6 Å². The topological polar surface area (TPSA) is 114 Å². The number of amides is 1. The van der Waals surface area contributed by atoms with Crippen molar-refractivity contribution in [2.24, 2.45) is 0 Å². The van der Waals surface area contributed by atoms with Gasteiger partial charge in [0.1, 0.15) is 17.5 Å². The van der Waals surface area contributed by atoms with Crippen molar-refractivity contribution in [3.05, 3.63) is 72.2 Å². The molecule has 0 saturated carbocycles. The number of rotatable bonds is 5. The first-order valence-corrected chi connectivity index (χ1v) is 10.7. The predicted molar refractivity (Wildman–Crippen MR) is 121 cm³/mol. The Morgan fingerprint density at radius 1 is 1.12 bits per heavy atom. The first-order valence-electron chi connectivity index (χ1n) is 9.72. The minimum Gasteiger partial charge on any atom is -0.309 e. The number of anilines is 1. The number of carbonyl (C=O) groups excluding carboxylic acids is 1. The van der Waals surface area contributed by atoms with Crippen molar-refractivity contribution < 1.29 is 4.79 Å². The highest BCUT2D eigenvalue weighted by atomic mass is 32.2. The molecule has 0 bridgehead atoms. The lowest BCUT2D eigenvalue weighted by Crippen LogP contribution is -2.18. The Morgan fingerprint density at radius 2 is 1.91 bits per heavy atom. The number of aryl methyl sites for hydroxylation is 1. The van der Waals surface area contributed by atoms with Crippen molar-refractivity contribution in [3.8, 4) is 11.8 Å². The molecule has 32 heavy (non-hydrogen) atoms. The van der Waals surface area contributed by atoms with E-state index in [0.717, 1.165) is 16.6 Å². The van der Waals surface area contributed by atoms with E-state index in [1.165, 1.54) is 22.6 Å². The third-order valence-corrected chi connectivity index (χ3v) is 5.66. The maximum absolute atomic E-state index is 12.8. The molecule has 9 nitrogen and oxygen atoms in total. The maximum Gasteiger partial charge on any atom is 0.236 e. The SMILES string of the molecule is Cc1nc2c3ccccc3nc(SCC(=O)Nc3c(C#N)cnn3-c3ccccc3)n2n1. The molecule has 1 N–H and O–H groups in total. The van der Waals surface area contributed by atoms with Gasteiger partial charge in [-0.2, -0.15) is 14.9 Å². The number of hydrogen-bond acceptors (Lipinski definition) is 7. The Morgan fingerprint density at radius 3 is 2.72 bits per heavy atom. The zero-order valence-electron chi connectivity index (χ0n) is 16.9. The first-order chi connectivity index (χ1) is 15.6. The van der Waals surface area contributed by atoms with Gasteiger partial charge < -0.3 is 5.32 Å². The summed E-state index contributed by atoms with van der Waals surface area (Å²) in [6.07, 6.45) is 1.43. The van der Waals surface area contributed by atoms with Gasteiger partial charge in [-0.3, -0.25) is 4.79 Å². The number of nitrogens with zero attached hydrogens (tertiary/aromatic N) is 7. The second-order valence-corrected chi connectivity index (χ2v) is 7.85. The fourth-order valence-corrected chi connectivity index (χ4v) is 4.09. The molecule has 5 rings (SSSR count). The standard InChI is InChI=1S/C22H16N8OS/c1-14-25-21-17-9-5-6-10-18(17)26-22(30(21)28-14)32-13-19(31)27-20-15(11-23)12-24-29(20)16-7-3-2-4-8-16/h2-10,12H,13H2,1H3,(H,27,31). The minimum atomic E-state index is -0.288. The van der Waals surface area contributed by atoms with E-state index in [0.29, 0.717) is 22.4 Å². The largest absolute Gasteiger partial charge is 0.309 e. The predicted octanol–water partition coefficient (Wildman–Crippen LogP) is 3.37. The number of carbonyl (C=O) groups is 1. The van der Waals surface area contributed by atoms with Crippen LogP contribution >= 0.6 is 11.8 Å². The molecule has 2 aromatic carbocycles. The highest BCUT2D eigenvalue weighted by Gasteiger charge is 2.17. The van der Waals surface area contributed by atoms with Gasteiger partial charge in [0.25, 0.3) is 0 Å². The van der Waals surface area contributed by atoms with Crippen LogP contribution in [0.3, 0.4) is 0 Å². The zero-order chi connectivity index (χ0) is 22.1. The number of nitrogens with one attached hydrogen (secondary N) is 1. The number of nitriles is 1. The van der Waals surface area contributed by atoms with Crippen molar-refractivity contribution in [2.75, 3.05) is 11.1 Å². The van der Waals surface area contributed by atoms with Crippen LogP contribution in [-0.4, -0.2) is 41.0 Å². The fraction of sp³-hybridized carbons (Fsp3) is 0.0909. The van der Waals surface area contributed by atoms with E-state index in [1.54, 1.807) is 4.52 Å². The Balaban J connectivity index is 1.41. The number of fused-ring (bicyclic) bond motifs is 3. The molecule has 0 radical (unpaired) electrons. The van der Waals surface area contributed by atoms with Gasteiger partial charge in [0.05, 0.1) is 23.2 Å². The highest BCUT2D eigenvalue weighted by Crippen LogP contribution is 2.25. The van der Waals surface area contributed by atoms with Gasteiger partial charge >= 0.3 is 0 Å². The van der Waals surface area contributed by atoms with Gasteiger partial charge in [0, 0.05) is 5.39 Å². The highest BCUT2D eigenvalue weighted by molar-refractivity contribution is 7.99. The van der Waals surface area contributed by atoms with Crippen LogP contribution < -0.4 is 5.32 Å². The molecular formula is C22H16N8OS. The summed E-state index contributed by atoms with van der Waals surface area (Å²) in [6, 6.07) is 19.1. The molecule has 3 heterocycles. The molecule has 0 atom stereocenters. The van der Waals surface area contributed by atoms with Crippen molar-refractivity contribution in [3.63, 3.8) is 0 Å². The van der Waals surface area contributed by atoms with Crippen LogP contribution in [0.4, 0.5) is 5.82 Å². The summed E-state index contributed by atoms with van der Waals surface area (Å²) in [5, 5.41) is 22.4. The third-order valence-electron chi connectivity index (χ3n) is 4.74. The van der Waals surface area contributed by atoms with Crippen LogP contribution in [0.5, 0.6) is 0 Å². The van der Waals surface area contributed by atoms with Crippen LogP contribution in [0.1, 0.15) is 11.4 Å². The summed E-state index contributed by atoms with van der Waals surface area (Å²) in [4.78, 5) is 22.0. The lowest BCUT2D eigenvalue weighted by Gasteiger charge is -2.10. The van der Waals surface area contributed by atoms with Gasteiger partial charge in [-0.25, -0.2) is 14.6 Å². The fourth-order valence-electron chi connectivity index (χ4n) is 3.34. The molecule has 0 spiro atoms. The second-order valence-electron chi connectivity index (χ2n) is 6.91. The minimum absolute atomic E-state index is 0.0736. The Bertz CT molecular complexity index is 1500. The first kappa shape index (κ1) is 19.7. The van der Waals surface area contributed by atoms with Crippen molar-refractivity contribution in [2.45, 2.75) is 12.1 Å². The normalized spacial score (nSPS) is 11.0. The molecular weight excluding hydrogens is 424 g/mol. The van der Waals surface area contributed by atoms with Crippen LogP contribution in [-0.2, 0) is 4.79 Å². The third kappa shape index (κ3) is 3.55. The number of hydrogen-bond donors (Lipinski definition) is 1. The van der Waals surface area contributed by atoms with Crippen molar-refractivity contribution >= 4 is 40.0 Å². The summed E-state index contributed by atoms with van der Waals surface area (Å²) in [7, 11) is 0. The number of para-hydroxylation sites is 2. The molecule has 1 amide bonds. The smallest absolute Gasteiger partial charge is 0.236 e. The Hall–Kier alpha value is -4.23. The van der Waals surface area contributed by atoms with Gasteiger partial charge in [0.2, 0.25) is 5.91 Å². The summed E-state index contributed by atoms with van der Waals surface area (Å²) < 4.78 is 3.19. The molecule has 0 unspecified atom stereocenters. The lowest BCUT2D eigenvalue weighted by molar-refractivity contribution is -0.113.